The number of carboxylic acid groups (broad SMARTS) is 1. The zero-order valence-electron chi connectivity index (χ0n) is 7.23. The second-order valence-electron chi connectivity index (χ2n) is 3.35. The highest BCUT2D eigenvalue weighted by molar-refractivity contribution is 5.64. The molecule has 4 nitrogen and oxygen atoms in total. The predicted octanol–water partition coefficient (Wildman–Crippen LogP) is 0.757. The monoisotopic (exact) mass is 173 g/mol. The molecule has 0 saturated carbocycles. The Labute approximate surface area is 71.8 Å². The van der Waals surface area contributed by atoms with E-state index in [1.54, 1.807) is 6.92 Å². The van der Waals surface area contributed by atoms with Crippen LogP contribution in [0.15, 0.2) is 0 Å². The summed E-state index contributed by atoms with van der Waals surface area (Å²) < 4.78 is 0. The molecule has 1 fully saturated rings. The summed E-state index contributed by atoms with van der Waals surface area (Å²) in [6, 6.07) is 0. The van der Waals surface area contributed by atoms with Gasteiger partial charge in [0.1, 0.15) is 0 Å². The van der Waals surface area contributed by atoms with Crippen molar-refractivity contribution >= 4 is 6.09 Å². The van der Waals surface area contributed by atoms with E-state index in [9.17, 15) is 9.90 Å². The molecule has 0 aliphatic carbocycles. The molecular weight excluding hydrogens is 158 g/mol. The van der Waals surface area contributed by atoms with Crippen LogP contribution in [-0.2, 0) is 0 Å². The minimum Gasteiger partial charge on any atom is -0.465 e. The van der Waals surface area contributed by atoms with Crippen LogP contribution >= 0.6 is 0 Å². The van der Waals surface area contributed by atoms with Crippen LogP contribution in [0.2, 0.25) is 0 Å². The van der Waals surface area contributed by atoms with Gasteiger partial charge in [0, 0.05) is 13.1 Å². The second-order valence-corrected chi connectivity index (χ2v) is 3.35. The van der Waals surface area contributed by atoms with E-state index in [1.165, 1.54) is 4.90 Å². The molecule has 70 valence electrons. The van der Waals surface area contributed by atoms with Gasteiger partial charge in [-0.2, -0.15) is 0 Å². The standard InChI is InChI=1S/C8H15NO3/c1-6(10)7-2-4-9(5-3-7)8(11)12/h6-7,10H,2-5H2,1H3,(H,11,12). The molecule has 1 aliphatic rings. The first-order valence-electron chi connectivity index (χ1n) is 4.27. The number of amides is 1. The SMILES string of the molecule is CC(O)C1CCN(C(=O)O)CC1. The molecule has 2 N–H and O–H groups in total. The van der Waals surface area contributed by atoms with E-state index in [2.05, 4.69) is 0 Å². The Morgan fingerprint density at radius 3 is 2.33 bits per heavy atom. The fourth-order valence-corrected chi connectivity index (χ4v) is 1.57. The first-order chi connectivity index (χ1) is 5.61. The van der Waals surface area contributed by atoms with Gasteiger partial charge in [0.25, 0.3) is 0 Å². The van der Waals surface area contributed by atoms with E-state index < -0.39 is 6.09 Å². The van der Waals surface area contributed by atoms with E-state index in [1.807, 2.05) is 0 Å². The molecule has 4 heteroatoms. The van der Waals surface area contributed by atoms with Crippen LogP contribution in [-0.4, -0.2) is 40.4 Å². The Morgan fingerprint density at radius 2 is 2.00 bits per heavy atom. The lowest BCUT2D eigenvalue weighted by Crippen LogP contribution is -2.39. The maximum absolute atomic E-state index is 10.5. The lowest BCUT2D eigenvalue weighted by atomic mass is 9.92. The fraction of sp³-hybridized carbons (Fsp3) is 0.875. The van der Waals surface area contributed by atoms with Gasteiger partial charge in [-0.25, -0.2) is 4.79 Å². The molecular formula is C8H15NO3. The van der Waals surface area contributed by atoms with Crippen molar-refractivity contribution in [2.24, 2.45) is 5.92 Å². The summed E-state index contributed by atoms with van der Waals surface area (Å²) in [6.07, 6.45) is 0.411. The van der Waals surface area contributed by atoms with Crippen molar-refractivity contribution in [1.82, 2.24) is 4.90 Å². The Bertz CT molecular complexity index is 162. The molecule has 0 bridgehead atoms. The van der Waals surface area contributed by atoms with Crippen LogP contribution in [0.1, 0.15) is 19.8 Å². The molecule has 0 aromatic heterocycles. The molecule has 12 heavy (non-hydrogen) atoms. The number of aliphatic hydroxyl groups is 1. The van der Waals surface area contributed by atoms with Crippen LogP contribution < -0.4 is 0 Å². The average molecular weight is 173 g/mol. The average Bonchev–Trinajstić information content (AvgIpc) is 2.04. The lowest BCUT2D eigenvalue weighted by molar-refractivity contribution is 0.0685. The topological polar surface area (TPSA) is 60.8 Å². The number of rotatable bonds is 1. The van der Waals surface area contributed by atoms with Crippen molar-refractivity contribution in [2.45, 2.75) is 25.9 Å². The molecule has 0 aromatic rings. The fourth-order valence-electron chi connectivity index (χ4n) is 1.57. The number of likely N-dealkylation sites (tertiary alicyclic amines) is 1. The number of carbonyl (C=O) groups is 1. The molecule has 0 aromatic carbocycles. The van der Waals surface area contributed by atoms with E-state index in [0.29, 0.717) is 13.1 Å². The third-order valence-electron chi connectivity index (χ3n) is 2.49. The highest BCUT2D eigenvalue weighted by Gasteiger charge is 2.24. The lowest BCUT2D eigenvalue weighted by Gasteiger charge is -2.31. The third kappa shape index (κ3) is 2.11. The van der Waals surface area contributed by atoms with Crippen LogP contribution in [0.5, 0.6) is 0 Å². The summed E-state index contributed by atoms with van der Waals surface area (Å²) in [5.74, 6) is 0.278. The molecule has 1 saturated heterocycles. The van der Waals surface area contributed by atoms with Gasteiger partial charge in [0.05, 0.1) is 6.10 Å². The van der Waals surface area contributed by atoms with Gasteiger partial charge in [0.15, 0.2) is 0 Å². The van der Waals surface area contributed by atoms with Crippen molar-refractivity contribution in [1.29, 1.82) is 0 Å². The normalized spacial score (nSPS) is 22.3. The van der Waals surface area contributed by atoms with Gasteiger partial charge in [-0.1, -0.05) is 0 Å². The number of aliphatic hydroxyl groups excluding tert-OH is 1. The van der Waals surface area contributed by atoms with Gasteiger partial charge < -0.3 is 15.1 Å². The summed E-state index contributed by atoms with van der Waals surface area (Å²) in [7, 11) is 0. The minimum absolute atomic E-state index is 0.278. The van der Waals surface area contributed by atoms with Gasteiger partial charge in [-0.3, -0.25) is 0 Å². The maximum Gasteiger partial charge on any atom is 0.407 e. The number of nitrogens with zero attached hydrogens (tertiary/aromatic N) is 1. The number of hydrogen-bond acceptors (Lipinski definition) is 2. The molecule has 1 rings (SSSR count). The first-order valence-corrected chi connectivity index (χ1v) is 4.27. The zero-order chi connectivity index (χ0) is 9.14. The second kappa shape index (κ2) is 3.76. The summed E-state index contributed by atoms with van der Waals surface area (Å²) in [5, 5.41) is 17.9. The van der Waals surface area contributed by atoms with Crippen molar-refractivity contribution < 1.29 is 15.0 Å². The van der Waals surface area contributed by atoms with Gasteiger partial charge in [-0.05, 0) is 25.7 Å². The van der Waals surface area contributed by atoms with Gasteiger partial charge in [-0.15, -0.1) is 0 Å². The van der Waals surface area contributed by atoms with Crippen molar-refractivity contribution in [3.05, 3.63) is 0 Å². The molecule has 1 atom stereocenters. The zero-order valence-corrected chi connectivity index (χ0v) is 7.23. The number of hydrogen-bond donors (Lipinski definition) is 2. The largest absolute Gasteiger partial charge is 0.465 e. The van der Waals surface area contributed by atoms with Gasteiger partial charge in [0.2, 0.25) is 0 Å². The molecule has 0 spiro atoms. The first kappa shape index (κ1) is 9.32. The van der Waals surface area contributed by atoms with Crippen LogP contribution in [0.3, 0.4) is 0 Å². The Kier molecular flexibility index (Phi) is 2.92. The molecule has 1 unspecified atom stereocenters. The number of piperidine rings is 1. The van der Waals surface area contributed by atoms with Crippen molar-refractivity contribution in [2.75, 3.05) is 13.1 Å². The van der Waals surface area contributed by atoms with E-state index in [-0.39, 0.29) is 12.0 Å². The van der Waals surface area contributed by atoms with Crippen LogP contribution in [0, 0.1) is 5.92 Å². The van der Waals surface area contributed by atoms with E-state index in [0.717, 1.165) is 12.8 Å². The molecule has 1 heterocycles. The highest BCUT2D eigenvalue weighted by atomic mass is 16.4. The molecule has 1 amide bonds. The quantitative estimate of drug-likeness (QED) is 0.615. The Hall–Kier alpha value is -0.770. The van der Waals surface area contributed by atoms with Crippen molar-refractivity contribution in [3.8, 4) is 0 Å². The summed E-state index contributed by atoms with van der Waals surface area (Å²) in [6.45, 7) is 2.89. The van der Waals surface area contributed by atoms with E-state index in [4.69, 9.17) is 5.11 Å². The minimum atomic E-state index is -0.848. The Morgan fingerprint density at radius 1 is 1.50 bits per heavy atom. The van der Waals surface area contributed by atoms with Crippen molar-refractivity contribution in [3.63, 3.8) is 0 Å². The maximum atomic E-state index is 10.5. The summed E-state index contributed by atoms with van der Waals surface area (Å²) in [5.41, 5.74) is 0. The summed E-state index contributed by atoms with van der Waals surface area (Å²) in [4.78, 5) is 11.9. The smallest absolute Gasteiger partial charge is 0.407 e. The van der Waals surface area contributed by atoms with Gasteiger partial charge >= 0.3 is 6.09 Å². The van der Waals surface area contributed by atoms with Crippen LogP contribution in [0.4, 0.5) is 4.79 Å². The predicted molar refractivity (Wildman–Crippen MR) is 44.0 cm³/mol. The third-order valence-corrected chi connectivity index (χ3v) is 2.49. The summed E-state index contributed by atoms with van der Waals surface area (Å²) >= 11 is 0. The highest BCUT2D eigenvalue weighted by Crippen LogP contribution is 2.20. The molecule has 0 radical (unpaired) electrons. The van der Waals surface area contributed by atoms with Crippen LogP contribution in [0.25, 0.3) is 0 Å². The Balaban J connectivity index is 2.34. The molecule has 1 aliphatic heterocycles. The van der Waals surface area contributed by atoms with E-state index >= 15 is 0 Å².